The van der Waals surface area contributed by atoms with E-state index in [-0.39, 0.29) is 29.4 Å². The van der Waals surface area contributed by atoms with E-state index in [9.17, 15) is 9.59 Å². The van der Waals surface area contributed by atoms with Gasteiger partial charge in [-0.3, -0.25) is 4.79 Å². The normalized spacial score (nSPS) is 17.5. The molecule has 0 radical (unpaired) electrons. The lowest BCUT2D eigenvalue weighted by molar-refractivity contribution is -0.129. The summed E-state index contributed by atoms with van der Waals surface area (Å²) >= 11 is 0. The monoisotopic (exact) mass is 269 g/mol. The highest BCUT2D eigenvalue weighted by molar-refractivity contribution is 5.81. The molecule has 1 rings (SSSR count). The Morgan fingerprint density at radius 1 is 1.16 bits per heavy atom. The van der Waals surface area contributed by atoms with E-state index in [1.807, 2.05) is 39.5 Å². The van der Waals surface area contributed by atoms with Gasteiger partial charge in [-0.1, -0.05) is 20.8 Å². The summed E-state index contributed by atoms with van der Waals surface area (Å²) in [4.78, 5) is 25.5. The number of carbonyl (C=O) groups is 2. The number of rotatable bonds is 2. The van der Waals surface area contributed by atoms with E-state index in [0.29, 0.717) is 13.1 Å². The molecule has 0 unspecified atom stereocenters. The lowest BCUT2D eigenvalue weighted by atomic mass is 9.94. The SMILES string of the molecule is CC(C)NC(=O)N1CCC(NC(=O)C(C)(C)C)CC1. The van der Waals surface area contributed by atoms with Crippen LogP contribution < -0.4 is 10.6 Å². The molecule has 0 aromatic carbocycles. The summed E-state index contributed by atoms with van der Waals surface area (Å²) in [6.45, 7) is 11.0. The molecule has 1 heterocycles. The van der Waals surface area contributed by atoms with Crippen molar-refractivity contribution in [2.75, 3.05) is 13.1 Å². The maximum atomic E-state index is 11.9. The summed E-state index contributed by atoms with van der Waals surface area (Å²) in [6, 6.07) is 0.344. The van der Waals surface area contributed by atoms with Crippen molar-refractivity contribution in [3.8, 4) is 0 Å². The van der Waals surface area contributed by atoms with Gasteiger partial charge < -0.3 is 15.5 Å². The second-order valence-electron chi connectivity index (χ2n) is 6.59. The second-order valence-corrected chi connectivity index (χ2v) is 6.59. The molecule has 0 spiro atoms. The minimum atomic E-state index is -0.355. The molecule has 0 bridgehead atoms. The molecule has 1 aliphatic heterocycles. The van der Waals surface area contributed by atoms with Crippen molar-refractivity contribution in [3.05, 3.63) is 0 Å². The zero-order valence-electron chi connectivity index (χ0n) is 12.7. The summed E-state index contributed by atoms with van der Waals surface area (Å²) in [5, 5.41) is 5.95. The molecule has 1 saturated heterocycles. The van der Waals surface area contributed by atoms with Crippen LogP contribution in [0.25, 0.3) is 0 Å². The van der Waals surface area contributed by atoms with Crippen molar-refractivity contribution in [1.82, 2.24) is 15.5 Å². The summed E-state index contributed by atoms with van der Waals surface area (Å²) in [7, 11) is 0. The Labute approximate surface area is 116 Å². The van der Waals surface area contributed by atoms with E-state index >= 15 is 0 Å². The third kappa shape index (κ3) is 5.09. The van der Waals surface area contributed by atoms with Crippen LogP contribution in [0.2, 0.25) is 0 Å². The lowest BCUT2D eigenvalue weighted by Gasteiger charge is -2.34. The molecule has 0 aliphatic carbocycles. The Hall–Kier alpha value is -1.26. The Morgan fingerprint density at radius 3 is 2.11 bits per heavy atom. The van der Waals surface area contributed by atoms with Gasteiger partial charge in [0.2, 0.25) is 5.91 Å². The van der Waals surface area contributed by atoms with E-state index < -0.39 is 0 Å². The number of hydrogen-bond acceptors (Lipinski definition) is 2. The van der Waals surface area contributed by atoms with Gasteiger partial charge in [0, 0.05) is 30.6 Å². The van der Waals surface area contributed by atoms with E-state index in [2.05, 4.69) is 10.6 Å². The van der Waals surface area contributed by atoms with Gasteiger partial charge in [0.05, 0.1) is 0 Å². The van der Waals surface area contributed by atoms with Gasteiger partial charge in [-0.2, -0.15) is 0 Å². The van der Waals surface area contributed by atoms with Gasteiger partial charge in [-0.25, -0.2) is 4.79 Å². The van der Waals surface area contributed by atoms with Crippen molar-refractivity contribution in [3.63, 3.8) is 0 Å². The van der Waals surface area contributed by atoms with Crippen molar-refractivity contribution >= 4 is 11.9 Å². The minimum absolute atomic E-state index is 0.00408. The summed E-state index contributed by atoms with van der Waals surface area (Å²) < 4.78 is 0. The first-order valence-corrected chi connectivity index (χ1v) is 7.06. The average Bonchev–Trinajstić information content (AvgIpc) is 2.27. The molecule has 5 nitrogen and oxygen atoms in total. The summed E-state index contributed by atoms with van der Waals surface area (Å²) in [6.07, 6.45) is 1.65. The largest absolute Gasteiger partial charge is 0.353 e. The van der Waals surface area contributed by atoms with Crippen LogP contribution in [0.1, 0.15) is 47.5 Å². The van der Waals surface area contributed by atoms with Crippen molar-refractivity contribution in [2.45, 2.75) is 59.5 Å². The Kier molecular flexibility index (Phi) is 5.20. The van der Waals surface area contributed by atoms with Crippen LogP contribution >= 0.6 is 0 Å². The highest BCUT2D eigenvalue weighted by Gasteiger charge is 2.27. The van der Waals surface area contributed by atoms with Gasteiger partial charge in [0.25, 0.3) is 0 Å². The van der Waals surface area contributed by atoms with Crippen LogP contribution in [0, 0.1) is 5.41 Å². The third-order valence-electron chi connectivity index (χ3n) is 3.21. The van der Waals surface area contributed by atoms with Gasteiger partial charge in [-0.15, -0.1) is 0 Å². The first kappa shape index (κ1) is 15.8. The third-order valence-corrected chi connectivity index (χ3v) is 3.21. The zero-order valence-corrected chi connectivity index (χ0v) is 12.7. The lowest BCUT2D eigenvalue weighted by Crippen LogP contribution is -2.51. The molecule has 0 aromatic heterocycles. The molecule has 2 N–H and O–H groups in total. The zero-order chi connectivity index (χ0) is 14.6. The topological polar surface area (TPSA) is 61.4 Å². The van der Waals surface area contributed by atoms with Crippen molar-refractivity contribution in [2.24, 2.45) is 5.41 Å². The Bertz CT molecular complexity index is 326. The number of nitrogens with zero attached hydrogens (tertiary/aromatic N) is 1. The molecule has 0 atom stereocenters. The van der Waals surface area contributed by atoms with Crippen LogP contribution in [-0.4, -0.2) is 42.0 Å². The number of hydrogen-bond donors (Lipinski definition) is 2. The number of likely N-dealkylation sites (tertiary alicyclic amines) is 1. The fourth-order valence-electron chi connectivity index (χ4n) is 1.97. The molecular weight excluding hydrogens is 242 g/mol. The number of amides is 3. The summed E-state index contributed by atoms with van der Waals surface area (Å²) in [5.74, 6) is 0.0811. The molecule has 110 valence electrons. The Morgan fingerprint density at radius 2 is 1.68 bits per heavy atom. The highest BCUT2D eigenvalue weighted by Crippen LogP contribution is 2.16. The average molecular weight is 269 g/mol. The summed E-state index contributed by atoms with van der Waals surface area (Å²) in [5.41, 5.74) is -0.355. The van der Waals surface area contributed by atoms with E-state index in [0.717, 1.165) is 12.8 Å². The molecule has 0 saturated carbocycles. The van der Waals surface area contributed by atoms with E-state index in [1.54, 1.807) is 0 Å². The maximum Gasteiger partial charge on any atom is 0.317 e. The number of urea groups is 1. The number of carbonyl (C=O) groups excluding carboxylic acids is 2. The van der Waals surface area contributed by atoms with Gasteiger partial charge in [0.1, 0.15) is 0 Å². The van der Waals surface area contributed by atoms with Gasteiger partial charge in [-0.05, 0) is 26.7 Å². The van der Waals surface area contributed by atoms with Crippen LogP contribution in [0.5, 0.6) is 0 Å². The number of nitrogens with one attached hydrogen (secondary N) is 2. The van der Waals surface area contributed by atoms with Crippen molar-refractivity contribution < 1.29 is 9.59 Å². The first-order chi connectivity index (χ1) is 8.70. The minimum Gasteiger partial charge on any atom is -0.353 e. The molecule has 0 aromatic rings. The quantitative estimate of drug-likeness (QED) is 0.802. The predicted molar refractivity (Wildman–Crippen MR) is 75.9 cm³/mol. The predicted octanol–water partition coefficient (Wildman–Crippen LogP) is 1.73. The fourth-order valence-corrected chi connectivity index (χ4v) is 1.97. The first-order valence-electron chi connectivity index (χ1n) is 7.06. The van der Waals surface area contributed by atoms with Gasteiger partial charge in [0.15, 0.2) is 0 Å². The van der Waals surface area contributed by atoms with Crippen molar-refractivity contribution in [1.29, 1.82) is 0 Å². The van der Waals surface area contributed by atoms with Crippen LogP contribution in [-0.2, 0) is 4.79 Å². The smallest absolute Gasteiger partial charge is 0.317 e. The molecule has 1 fully saturated rings. The fraction of sp³-hybridized carbons (Fsp3) is 0.857. The molecule has 3 amide bonds. The molecule has 5 heteroatoms. The van der Waals surface area contributed by atoms with E-state index in [1.165, 1.54) is 0 Å². The molecule has 1 aliphatic rings. The van der Waals surface area contributed by atoms with Crippen LogP contribution in [0.3, 0.4) is 0 Å². The molecule has 19 heavy (non-hydrogen) atoms. The molecular formula is C14H27N3O2. The number of piperidine rings is 1. The standard InChI is InChI=1S/C14H27N3O2/c1-10(2)15-13(19)17-8-6-11(7-9-17)16-12(18)14(3,4)5/h10-11H,6-9H2,1-5H3,(H,15,19)(H,16,18). The van der Waals surface area contributed by atoms with E-state index in [4.69, 9.17) is 0 Å². The van der Waals surface area contributed by atoms with Crippen LogP contribution in [0.4, 0.5) is 4.79 Å². The highest BCUT2D eigenvalue weighted by atomic mass is 16.2. The Balaban J connectivity index is 2.37. The maximum absolute atomic E-state index is 11.9. The van der Waals surface area contributed by atoms with Crippen LogP contribution in [0.15, 0.2) is 0 Å². The van der Waals surface area contributed by atoms with Gasteiger partial charge >= 0.3 is 6.03 Å². The second kappa shape index (κ2) is 6.26.